The SMILES string of the molecule is [K+].[LiH].[O]=[Nb](=[O])[O-]. The fourth-order valence-corrected chi connectivity index (χ4v) is 0. The van der Waals surface area contributed by atoms with Crippen LogP contribution in [0.4, 0.5) is 0 Å². The Balaban J connectivity index is -0.0000000450. The van der Waals surface area contributed by atoms with Crippen LogP contribution >= 0.6 is 0 Å². The van der Waals surface area contributed by atoms with E-state index < -0.39 is 18.8 Å². The first-order valence-electron chi connectivity index (χ1n) is 0.548. The fourth-order valence-electron chi connectivity index (χ4n) is 0. The van der Waals surface area contributed by atoms with Crippen molar-refractivity contribution in [1.29, 1.82) is 0 Å². The summed E-state index contributed by atoms with van der Waals surface area (Å²) in [5.74, 6) is 0. The van der Waals surface area contributed by atoms with Crippen LogP contribution in [-0.4, -0.2) is 18.9 Å². The Bertz CT molecular complexity index is 59.2. The molecule has 0 aromatic rings. The van der Waals surface area contributed by atoms with Gasteiger partial charge in [0.25, 0.3) is 0 Å². The maximum atomic E-state index is 8.60. The van der Waals surface area contributed by atoms with Gasteiger partial charge in [-0.15, -0.1) is 0 Å². The van der Waals surface area contributed by atoms with Gasteiger partial charge in [0.15, 0.2) is 0 Å². The van der Waals surface area contributed by atoms with Gasteiger partial charge >= 0.3 is 99.1 Å². The van der Waals surface area contributed by atoms with E-state index in [1.165, 1.54) is 0 Å². The van der Waals surface area contributed by atoms with Gasteiger partial charge in [-0.2, -0.15) is 0 Å². The second-order valence-corrected chi connectivity index (χ2v) is 1.32. The second kappa shape index (κ2) is 10.5. The van der Waals surface area contributed by atoms with Crippen molar-refractivity contribution in [1.82, 2.24) is 0 Å². The summed E-state index contributed by atoms with van der Waals surface area (Å²) >= 11 is -4.20. The molecule has 0 fully saturated rings. The molecule has 0 aromatic carbocycles. The molecule has 0 aromatic heterocycles. The van der Waals surface area contributed by atoms with Gasteiger partial charge in [-0.25, -0.2) is 0 Å². The second-order valence-electron chi connectivity index (χ2n) is 0.224. The summed E-state index contributed by atoms with van der Waals surface area (Å²) in [6.45, 7) is 0. The molecule has 26 valence electrons. The molecule has 0 unspecified atom stereocenters. The van der Waals surface area contributed by atoms with Gasteiger partial charge in [0.1, 0.15) is 0 Å². The Kier molecular flexibility index (Phi) is 27.7. The fraction of sp³-hybridized carbons (Fsp3) is 0. The van der Waals surface area contributed by atoms with Crippen molar-refractivity contribution in [3.8, 4) is 0 Å². The molecular formula is HKLiNbO3. The van der Waals surface area contributed by atoms with Crippen molar-refractivity contribution in [2.75, 3.05) is 0 Å². The summed E-state index contributed by atoms with van der Waals surface area (Å²) in [5, 5.41) is 0. The average Bonchev–Trinajstić information content (AvgIpc) is 0.811. The zero-order chi connectivity index (χ0) is 3.58. The monoisotopic (exact) mass is 188 g/mol. The average molecular weight is 188 g/mol. The van der Waals surface area contributed by atoms with Crippen LogP contribution in [0.25, 0.3) is 0 Å². The molecule has 3 nitrogen and oxygen atoms in total. The van der Waals surface area contributed by atoms with E-state index in [0.29, 0.717) is 0 Å². The minimum atomic E-state index is -4.20. The van der Waals surface area contributed by atoms with E-state index in [-0.39, 0.29) is 70.2 Å². The predicted molar refractivity (Wildman–Crippen MR) is 8.52 cm³/mol. The van der Waals surface area contributed by atoms with Crippen LogP contribution in [-0.2, 0) is 25.3 Å². The molecule has 0 aliphatic rings. The normalized spacial score (nSPS) is 4.17. The van der Waals surface area contributed by atoms with Crippen molar-refractivity contribution < 1.29 is 80.3 Å². The van der Waals surface area contributed by atoms with Crippen LogP contribution in [0.3, 0.4) is 0 Å². The standard InChI is InChI=1S/K.Li.Nb.3O.H/q+1;;;;;-1;. The number of rotatable bonds is 0. The Morgan fingerprint density at radius 1 is 1.33 bits per heavy atom. The molecule has 0 saturated carbocycles. The van der Waals surface area contributed by atoms with Crippen LogP contribution in [0, 0.1) is 0 Å². The Hall–Kier alpha value is 2.53. The Morgan fingerprint density at radius 2 is 1.33 bits per heavy atom. The first-order valence-corrected chi connectivity index (χ1v) is 3.24. The van der Waals surface area contributed by atoms with Crippen molar-refractivity contribution in [2.45, 2.75) is 0 Å². The van der Waals surface area contributed by atoms with E-state index in [2.05, 4.69) is 0 Å². The molecule has 0 aliphatic heterocycles. The van der Waals surface area contributed by atoms with E-state index in [1.807, 2.05) is 0 Å². The third-order valence-corrected chi connectivity index (χ3v) is 0. The van der Waals surface area contributed by atoms with Crippen LogP contribution in [0.2, 0.25) is 0 Å². The van der Waals surface area contributed by atoms with E-state index >= 15 is 0 Å². The summed E-state index contributed by atoms with van der Waals surface area (Å²) in [6.07, 6.45) is 0. The molecule has 0 spiro atoms. The van der Waals surface area contributed by atoms with Gasteiger partial charge in [0, 0.05) is 0 Å². The molecule has 6 heavy (non-hydrogen) atoms. The zero-order valence-corrected chi connectivity index (χ0v) is 7.99. The van der Waals surface area contributed by atoms with Gasteiger partial charge in [-0.1, -0.05) is 0 Å². The van der Waals surface area contributed by atoms with Crippen molar-refractivity contribution in [3.05, 3.63) is 0 Å². The van der Waals surface area contributed by atoms with Gasteiger partial charge in [0.05, 0.1) is 0 Å². The summed E-state index contributed by atoms with van der Waals surface area (Å²) in [6, 6.07) is 0. The quantitative estimate of drug-likeness (QED) is 0.357. The summed E-state index contributed by atoms with van der Waals surface area (Å²) < 4.78 is 25.8. The first kappa shape index (κ1) is 15.8. The van der Waals surface area contributed by atoms with Gasteiger partial charge < -0.3 is 0 Å². The Labute approximate surface area is 96.8 Å². The summed E-state index contributed by atoms with van der Waals surface area (Å²) in [4.78, 5) is 0. The number of hydrogen-bond acceptors (Lipinski definition) is 3. The van der Waals surface area contributed by atoms with Crippen LogP contribution in [0.15, 0.2) is 0 Å². The van der Waals surface area contributed by atoms with E-state index in [4.69, 9.17) is 10.1 Å². The van der Waals surface area contributed by atoms with Crippen molar-refractivity contribution in [3.63, 3.8) is 0 Å². The molecule has 0 saturated heterocycles. The molecule has 0 N–H and O–H groups in total. The molecule has 0 aliphatic carbocycles. The first-order chi connectivity index (χ1) is 1.73. The van der Waals surface area contributed by atoms with Crippen LogP contribution in [0.1, 0.15) is 0 Å². The molecule has 0 atom stereocenters. The zero-order valence-electron chi connectivity index (χ0n) is 2.67. The molecule has 0 radical (unpaired) electrons. The predicted octanol–water partition coefficient (Wildman–Crippen LogP) is -5.07. The molecular weight excluding hydrogens is 187 g/mol. The minimum absolute atomic E-state index is 0. The van der Waals surface area contributed by atoms with Crippen LogP contribution in [0.5, 0.6) is 0 Å². The molecule has 0 rings (SSSR count). The maximum absolute atomic E-state index is 8.60. The van der Waals surface area contributed by atoms with E-state index in [1.54, 1.807) is 0 Å². The topological polar surface area (TPSA) is 57.2 Å². The van der Waals surface area contributed by atoms with E-state index in [0.717, 1.165) is 0 Å². The molecule has 0 amide bonds. The third-order valence-electron chi connectivity index (χ3n) is 0. The molecule has 0 heterocycles. The third kappa shape index (κ3) is 31.2. The van der Waals surface area contributed by atoms with E-state index in [9.17, 15) is 0 Å². The molecule has 0 bridgehead atoms. The number of hydrogen-bond donors (Lipinski definition) is 0. The van der Waals surface area contributed by atoms with Gasteiger partial charge in [0.2, 0.25) is 0 Å². The summed E-state index contributed by atoms with van der Waals surface area (Å²) in [7, 11) is 0. The molecule has 6 heteroatoms. The van der Waals surface area contributed by atoms with Gasteiger partial charge in [-0.3, -0.25) is 0 Å². The van der Waals surface area contributed by atoms with Gasteiger partial charge in [-0.05, 0) is 0 Å². The Morgan fingerprint density at radius 3 is 1.33 bits per heavy atom. The summed E-state index contributed by atoms with van der Waals surface area (Å²) in [5.41, 5.74) is 0. The van der Waals surface area contributed by atoms with Crippen molar-refractivity contribution >= 4 is 18.9 Å². The van der Waals surface area contributed by atoms with Crippen molar-refractivity contribution in [2.24, 2.45) is 0 Å². The van der Waals surface area contributed by atoms with Crippen LogP contribution < -0.4 is 55.0 Å².